The number of hydrogen-bond donors (Lipinski definition) is 0. The summed E-state index contributed by atoms with van der Waals surface area (Å²) in [5.74, 6) is 1.42. The SMILES string of the molecule is COc1cccc(OC)c1C(=O)C1([P+](=O)CCC(C)C)CCCCC1. The molecule has 1 aliphatic rings. The number of hydrogen-bond acceptors (Lipinski definition) is 4. The topological polar surface area (TPSA) is 52.6 Å². The summed E-state index contributed by atoms with van der Waals surface area (Å²) in [6, 6.07) is 5.35. The Morgan fingerprint density at radius 3 is 2.16 bits per heavy atom. The Morgan fingerprint density at radius 1 is 1.12 bits per heavy atom. The predicted octanol–water partition coefficient (Wildman–Crippen LogP) is 5.46. The van der Waals surface area contributed by atoms with Crippen LogP contribution in [0.2, 0.25) is 0 Å². The lowest BCUT2D eigenvalue weighted by Gasteiger charge is -2.28. The molecule has 0 saturated heterocycles. The van der Waals surface area contributed by atoms with Crippen LogP contribution in [0.1, 0.15) is 62.7 Å². The van der Waals surface area contributed by atoms with Crippen LogP contribution in [0, 0.1) is 5.92 Å². The molecule has 1 atom stereocenters. The molecule has 138 valence electrons. The molecule has 0 bridgehead atoms. The van der Waals surface area contributed by atoms with Crippen molar-refractivity contribution in [3.63, 3.8) is 0 Å². The maximum Gasteiger partial charge on any atom is 0.353 e. The zero-order valence-corrected chi connectivity index (χ0v) is 16.7. The minimum Gasteiger partial charge on any atom is -0.496 e. The predicted molar refractivity (Wildman–Crippen MR) is 102 cm³/mol. The fraction of sp³-hybridized carbons (Fsp3) is 0.650. The van der Waals surface area contributed by atoms with E-state index < -0.39 is 13.0 Å². The minimum absolute atomic E-state index is 0.0635. The van der Waals surface area contributed by atoms with Crippen LogP contribution in [0.15, 0.2) is 18.2 Å². The van der Waals surface area contributed by atoms with Gasteiger partial charge in [-0.3, -0.25) is 4.79 Å². The fourth-order valence-electron chi connectivity index (χ4n) is 3.62. The molecule has 1 saturated carbocycles. The summed E-state index contributed by atoms with van der Waals surface area (Å²) in [4.78, 5) is 13.6. The second kappa shape index (κ2) is 8.80. The van der Waals surface area contributed by atoms with Crippen molar-refractivity contribution in [1.29, 1.82) is 0 Å². The first-order valence-electron chi connectivity index (χ1n) is 9.17. The second-order valence-corrected chi connectivity index (χ2v) is 9.30. The molecule has 1 aromatic carbocycles. The van der Waals surface area contributed by atoms with Crippen LogP contribution < -0.4 is 9.47 Å². The van der Waals surface area contributed by atoms with E-state index in [1.807, 2.05) is 0 Å². The van der Waals surface area contributed by atoms with Crippen molar-refractivity contribution in [2.75, 3.05) is 20.4 Å². The number of rotatable bonds is 8. The van der Waals surface area contributed by atoms with Gasteiger partial charge in [0.25, 0.3) is 0 Å². The van der Waals surface area contributed by atoms with Crippen LogP contribution in [-0.4, -0.2) is 31.3 Å². The van der Waals surface area contributed by atoms with E-state index in [1.54, 1.807) is 32.4 Å². The molecular weight excluding hydrogens is 335 g/mol. The quantitative estimate of drug-likeness (QED) is 0.453. The molecule has 0 spiro atoms. The Balaban J connectivity index is 2.45. The van der Waals surface area contributed by atoms with Crippen LogP contribution >= 0.6 is 7.80 Å². The van der Waals surface area contributed by atoms with E-state index in [2.05, 4.69) is 13.8 Å². The van der Waals surface area contributed by atoms with E-state index >= 15 is 0 Å². The van der Waals surface area contributed by atoms with Crippen LogP contribution in [0.4, 0.5) is 0 Å². The molecule has 0 N–H and O–H groups in total. The summed E-state index contributed by atoms with van der Waals surface area (Å²) in [6.07, 6.45) is 5.88. The molecule has 1 aliphatic carbocycles. The Bertz CT molecular complexity index is 596. The summed E-state index contributed by atoms with van der Waals surface area (Å²) >= 11 is 0. The lowest BCUT2D eigenvalue weighted by atomic mass is 9.82. The Kier molecular flexibility index (Phi) is 7.01. The van der Waals surface area contributed by atoms with Crippen LogP contribution in [-0.2, 0) is 4.57 Å². The first-order valence-corrected chi connectivity index (χ1v) is 10.6. The Morgan fingerprint density at radius 2 is 1.68 bits per heavy atom. The maximum atomic E-state index is 13.6. The summed E-state index contributed by atoms with van der Waals surface area (Å²) in [5.41, 5.74) is 0.447. The summed E-state index contributed by atoms with van der Waals surface area (Å²) < 4.78 is 24.1. The normalized spacial score (nSPS) is 17.2. The number of carbonyl (C=O) groups is 1. The third kappa shape index (κ3) is 4.23. The number of Topliss-reactive ketones (excluding diaryl/α,β-unsaturated/α-hetero) is 1. The van der Waals surface area contributed by atoms with Crippen molar-refractivity contribution >= 4 is 13.6 Å². The molecule has 1 unspecified atom stereocenters. The van der Waals surface area contributed by atoms with E-state index in [1.165, 1.54) is 0 Å². The van der Waals surface area contributed by atoms with Crippen molar-refractivity contribution in [2.24, 2.45) is 5.92 Å². The zero-order chi connectivity index (χ0) is 18.4. The van der Waals surface area contributed by atoms with Gasteiger partial charge in [-0.2, -0.15) is 0 Å². The standard InChI is InChI=1S/C20H30O4P/c1-15(2)11-14-25(22)20(12-6-5-7-13-20)19(21)18-16(23-3)9-8-10-17(18)24-4/h8-10,15H,5-7,11-14H2,1-4H3/q+1. The van der Waals surface area contributed by atoms with Crippen LogP contribution in [0.25, 0.3) is 0 Å². The zero-order valence-electron chi connectivity index (χ0n) is 15.8. The molecule has 0 aliphatic heterocycles. The molecule has 2 rings (SSSR count). The molecule has 1 fully saturated rings. The minimum atomic E-state index is -1.62. The highest BCUT2D eigenvalue weighted by molar-refractivity contribution is 7.48. The molecule has 5 heteroatoms. The summed E-state index contributed by atoms with van der Waals surface area (Å²) in [7, 11) is 1.48. The number of methoxy groups -OCH3 is 2. The van der Waals surface area contributed by atoms with Crippen molar-refractivity contribution in [1.82, 2.24) is 0 Å². The number of benzene rings is 1. The smallest absolute Gasteiger partial charge is 0.353 e. The van der Waals surface area contributed by atoms with Gasteiger partial charge >= 0.3 is 7.80 Å². The van der Waals surface area contributed by atoms with Gasteiger partial charge in [0, 0.05) is 12.8 Å². The van der Waals surface area contributed by atoms with E-state index in [0.717, 1.165) is 25.7 Å². The Hall–Kier alpha value is -1.41. The average molecular weight is 365 g/mol. The van der Waals surface area contributed by atoms with Gasteiger partial charge in [0.1, 0.15) is 23.2 Å². The molecule has 1 aromatic rings. The number of ketones is 1. The lowest BCUT2D eigenvalue weighted by Crippen LogP contribution is -2.38. The average Bonchev–Trinajstić information content (AvgIpc) is 2.65. The fourth-order valence-corrected chi connectivity index (χ4v) is 5.96. The highest BCUT2D eigenvalue weighted by atomic mass is 31.1. The van der Waals surface area contributed by atoms with Crippen molar-refractivity contribution in [3.05, 3.63) is 23.8 Å². The third-order valence-electron chi connectivity index (χ3n) is 5.15. The van der Waals surface area contributed by atoms with Gasteiger partial charge in [-0.15, -0.1) is 0 Å². The molecule has 0 aromatic heterocycles. The van der Waals surface area contributed by atoms with Gasteiger partial charge in [-0.05, 0) is 37.3 Å². The van der Waals surface area contributed by atoms with Crippen molar-refractivity contribution in [2.45, 2.75) is 57.5 Å². The van der Waals surface area contributed by atoms with Gasteiger partial charge in [0.15, 0.2) is 0 Å². The summed E-state index contributed by atoms with van der Waals surface area (Å²) in [6.45, 7) is 4.25. The van der Waals surface area contributed by atoms with Gasteiger partial charge in [-0.25, -0.2) is 0 Å². The van der Waals surface area contributed by atoms with E-state index in [4.69, 9.17) is 9.47 Å². The molecule has 0 heterocycles. The molecular formula is C20H30O4P+. The van der Waals surface area contributed by atoms with E-state index in [9.17, 15) is 9.36 Å². The van der Waals surface area contributed by atoms with E-state index in [0.29, 0.717) is 42.0 Å². The Labute approximate surface area is 152 Å². The molecule has 25 heavy (non-hydrogen) atoms. The van der Waals surface area contributed by atoms with Gasteiger partial charge < -0.3 is 9.47 Å². The van der Waals surface area contributed by atoms with Crippen molar-refractivity contribution < 1.29 is 18.8 Å². The van der Waals surface area contributed by atoms with Crippen LogP contribution in [0.3, 0.4) is 0 Å². The maximum absolute atomic E-state index is 13.6. The van der Waals surface area contributed by atoms with Gasteiger partial charge in [-0.1, -0.05) is 30.9 Å². The van der Waals surface area contributed by atoms with Gasteiger partial charge in [0.05, 0.1) is 14.2 Å². The van der Waals surface area contributed by atoms with E-state index in [-0.39, 0.29) is 5.78 Å². The lowest BCUT2D eigenvalue weighted by molar-refractivity contribution is 0.0906. The number of ether oxygens (including phenoxy) is 2. The largest absolute Gasteiger partial charge is 0.496 e. The third-order valence-corrected chi connectivity index (χ3v) is 7.41. The van der Waals surface area contributed by atoms with Gasteiger partial charge in [0.2, 0.25) is 10.9 Å². The second-order valence-electron chi connectivity index (χ2n) is 7.24. The first kappa shape index (κ1) is 19.9. The van der Waals surface area contributed by atoms with Crippen molar-refractivity contribution in [3.8, 4) is 11.5 Å². The monoisotopic (exact) mass is 365 g/mol. The molecule has 0 amide bonds. The highest BCUT2D eigenvalue weighted by Gasteiger charge is 2.56. The molecule has 0 radical (unpaired) electrons. The summed E-state index contributed by atoms with van der Waals surface area (Å²) in [5, 5.41) is -0.773. The first-order chi connectivity index (χ1) is 12.0. The van der Waals surface area contributed by atoms with Crippen LogP contribution in [0.5, 0.6) is 11.5 Å². The highest BCUT2D eigenvalue weighted by Crippen LogP contribution is 2.53. The molecule has 4 nitrogen and oxygen atoms in total. The number of carbonyl (C=O) groups excluding carboxylic acids is 1.